The Bertz CT molecular complexity index is 1240. The van der Waals surface area contributed by atoms with Gasteiger partial charge >= 0.3 is 5.69 Å². The molecule has 0 atom stereocenters. The molecule has 1 aromatic carbocycles. The Hall–Kier alpha value is -3.34. The molecule has 2 aliphatic rings. The van der Waals surface area contributed by atoms with Gasteiger partial charge in [-0.25, -0.2) is 0 Å². The van der Waals surface area contributed by atoms with Crippen LogP contribution in [0.3, 0.4) is 0 Å². The van der Waals surface area contributed by atoms with Crippen LogP contribution in [0.4, 0.5) is 5.69 Å². The van der Waals surface area contributed by atoms with E-state index in [-0.39, 0.29) is 11.3 Å². The van der Waals surface area contributed by atoms with Crippen molar-refractivity contribution in [1.29, 1.82) is 0 Å². The molecule has 170 valence electrons. The molecule has 3 heterocycles. The summed E-state index contributed by atoms with van der Waals surface area (Å²) in [5.41, 5.74) is 7.81. The highest BCUT2D eigenvalue weighted by atomic mass is 32.1. The van der Waals surface area contributed by atoms with Crippen molar-refractivity contribution in [3.63, 3.8) is 0 Å². The first-order chi connectivity index (χ1) is 16.0. The average molecular weight is 467 g/mol. The zero-order chi connectivity index (χ0) is 23.0. The number of ether oxygens (including phenoxy) is 2. The first-order valence-corrected chi connectivity index (χ1v) is 11.4. The molecule has 3 aromatic rings. The Morgan fingerprint density at radius 3 is 2.64 bits per heavy atom. The van der Waals surface area contributed by atoms with Crippen molar-refractivity contribution in [3.8, 4) is 10.4 Å². The number of carbonyl (C=O) groups is 1. The maximum atomic E-state index is 12.4. The Kier molecular flexibility index (Phi) is 5.57. The number of nitrogens with zero attached hydrogens (tertiary/aromatic N) is 3. The van der Waals surface area contributed by atoms with E-state index in [1.807, 2.05) is 36.4 Å². The molecule has 1 fully saturated rings. The number of hydrogen-bond acceptors (Lipinski definition) is 7. The number of rotatable bonds is 6. The van der Waals surface area contributed by atoms with Crippen LogP contribution in [0.15, 0.2) is 48.8 Å². The van der Waals surface area contributed by atoms with Gasteiger partial charge in [0.05, 0.1) is 35.8 Å². The molecule has 10 heteroatoms. The Morgan fingerprint density at radius 2 is 2.00 bits per heavy atom. The highest BCUT2D eigenvalue weighted by Crippen LogP contribution is 2.48. The number of aromatic nitrogens is 2. The summed E-state index contributed by atoms with van der Waals surface area (Å²) >= 11 is 1.21. The van der Waals surface area contributed by atoms with E-state index >= 15 is 0 Å². The molecule has 1 aliphatic heterocycles. The number of hydrogen-bond donors (Lipinski definition) is 1. The molecule has 9 nitrogen and oxygen atoms in total. The van der Waals surface area contributed by atoms with Crippen molar-refractivity contribution in [3.05, 3.63) is 74.9 Å². The number of benzene rings is 1. The van der Waals surface area contributed by atoms with Crippen LogP contribution in [0, 0.1) is 10.1 Å². The smallest absolute Gasteiger partial charge is 0.300 e. The van der Waals surface area contributed by atoms with Crippen molar-refractivity contribution >= 4 is 28.5 Å². The van der Waals surface area contributed by atoms with Gasteiger partial charge in [-0.15, -0.1) is 11.3 Å². The third kappa shape index (κ3) is 4.08. The van der Waals surface area contributed by atoms with E-state index in [0.717, 1.165) is 11.1 Å². The lowest BCUT2D eigenvalue weighted by atomic mass is 9.92. The van der Waals surface area contributed by atoms with Gasteiger partial charge < -0.3 is 15.2 Å². The highest BCUT2D eigenvalue weighted by Gasteiger charge is 2.40. The van der Waals surface area contributed by atoms with Crippen LogP contribution >= 0.6 is 11.3 Å². The van der Waals surface area contributed by atoms with Crippen molar-refractivity contribution < 1.29 is 19.2 Å². The van der Waals surface area contributed by atoms with Crippen molar-refractivity contribution in [1.82, 2.24) is 9.78 Å². The van der Waals surface area contributed by atoms with Crippen molar-refractivity contribution in [2.45, 2.75) is 31.6 Å². The molecule has 33 heavy (non-hydrogen) atoms. The lowest BCUT2D eigenvalue weighted by Gasteiger charge is -2.30. The fourth-order valence-corrected chi connectivity index (χ4v) is 5.67. The molecule has 0 unspecified atom stereocenters. The number of amides is 1. The second-order valence-electron chi connectivity index (χ2n) is 8.06. The van der Waals surface area contributed by atoms with Crippen LogP contribution < -0.4 is 5.73 Å². The van der Waals surface area contributed by atoms with Gasteiger partial charge in [0.15, 0.2) is 5.79 Å². The Labute approximate surface area is 193 Å². The van der Waals surface area contributed by atoms with Crippen LogP contribution in [0.2, 0.25) is 0 Å². The summed E-state index contributed by atoms with van der Waals surface area (Å²) in [4.78, 5) is 24.8. The molecule has 2 N–H and O–H groups in total. The van der Waals surface area contributed by atoms with Gasteiger partial charge in [0, 0.05) is 24.6 Å². The largest absolute Gasteiger partial charge is 0.365 e. The summed E-state index contributed by atoms with van der Waals surface area (Å²) in [5.74, 6) is -1.46. The topological polar surface area (TPSA) is 123 Å². The number of thiophene rings is 1. The second-order valence-corrected chi connectivity index (χ2v) is 9.08. The van der Waals surface area contributed by atoms with E-state index < -0.39 is 16.6 Å². The quantitative estimate of drug-likeness (QED) is 0.433. The molecule has 2 aromatic heterocycles. The number of nitro groups is 1. The van der Waals surface area contributed by atoms with E-state index in [0.29, 0.717) is 54.3 Å². The first kappa shape index (κ1) is 21.5. The minimum atomic E-state index is -0.828. The summed E-state index contributed by atoms with van der Waals surface area (Å²) in [7, 11) is 0. The monoisotopic (exact) mass is 466 g/mol. The van der Waals surface area contributed by atoms with E-state index in [9.17, 15) is 14.9 Å². The zero-order valence-electron chi connectivity index (χ0n) is 17.7. The third-order valence-electron chi connectivity index (χ3n) is 5.93. The SMILES string of the molecule is NC(=O)c1c(-c2cnn(Cc3ccccc3)c2)sc(C2=CCC3(CC2)OCCO3)c1[N+](=O)[O-]. The summed E-state index contributed by atoms with van der Waals surface area (Å²) < 4.78 is 13.2. The van der Waals surface area contributed by atoms with Crippen LogP contribution in [0.5, 0.6) is 0 Å². The van der Waals surface area contributed by atoms with Gasteiger partial charge in [-0.3, -0.25) is 19.6 Å². The van der Waals surface area contributed by atoms with Gasteiger partial charge in [-0.2, -0.15) is 5.10 Å². The standard InChI is InChI=1S/C23H22N4O5S/c24-22(28)18-19(27(29)30)21(16-6-8-23(9-7-16)31-10-11-32-23)33-20(18)17-12-25-26(14-17)13-15-4-2-1-3-5-15/h1-6,12,14H,7-11,13H2,(H2,24,28). The molecule has 1 spiro atoms. The second kappa shape index (κ2) is 8.54. The van der Waals surface area contributed by atoms with Gasteiger partial charge in [-0.1, -0.05) is 36.4 Å². The van der Waals surface area contributed by atoms with Gasteiger partial charge in [0.25, 0.3) is 5.91 Å². The Morgan fingerprint density at radius 1 is 1.24 bits per heavy atom. The van der Waals surface area contributed by atoms with Crippen molar-refractivity contribution in [2.75, 3.05) is 13.2 Å². The van der Waals surface area contributed by atoms with Gasteiger partial charge in [0.2, 0.25) is 0 Å². The molecule has 0 radical (unpaired) electrons. The van der Waals surface area contributed by atoms with Gasteiger partial charge in [-0.05, 0) is 17.6 Å². The third-order valence-corrected chi connectivity index (χ3v) is 7.24. The molecular weight excluding hydrogens is 444 g/mol. The average Bonchev–Trinajstić information content (AvgIpc) is 3.54. The molecule has 1 aliphatic carbocycles. The minimum Gasteiger partial charge on any atom is -0.365 e. The van der Waals surface area contributed by atoms with E-state index in [2.05, 4.69) is 5.10 Å². The number of allylic oxidation sites excluding steroid dienone is 1. The maximum Gasteiger partial charge on any atom is 0.300 e. The van der Waals surface area contributed by atoms with Crippen LogP contribution in [0.1, 0.15) is 40.1 Å². The maximum absolute atomic E-state index is 12.4. The molecule has 1 saturated heterocycles. The first-order valence-electron chi connectivity index (χ1n) is 10.6. The number of carbonyl (C=O) groups excluding carboxylic acids is 1. The lowest BCUT2D eigenvalue weighted by Crippen LogP contribution is -2.31. The van der Waals surface area contributed by atoms with E-state index in [1.165, 1.54) is 11.3 Å². The zero-order valence-corrected chi connectivity index (χ0v) is 18.5. The molecular formula is C23H22N4O5S. The summed E-state index contributed by atoms with van der Waals surface area (Å²) in [6.07, 6.45) is 6.97. The minimum absolute atomic E-state index is 0.0752. The van der Waals surface area contributed by atoms with Crippen LogP contribution in [-0.2, 0) is 16.0 Å². The normalized spacial score (nSPS) is 17.3. The molecule has 1 amide bonds. The lowest BCUT2D eigenvalue weighted by molar-refractivity contribution is -0.384. The summed E-state index contributed by atoms with van der Waals surface area (Å²) in [6.45, 7) is 1.64. The van der Waals surface area contributed by atoms with Crippen LogP contribution in [0.25, 0.3) is 16.0 Å². The molecule has 0 saturated carbocycles. The van der Waals surface area contributed by atoms with Crippen molar-refractivity contribution in [2.24, 2.45) is 5.73 Å². The number of primary amides is 1. The predicted molar refractivity (Wildman–Crippen MR) is 123 cm³/mol. The van der Waals surface area contributed by atoms with E-state index in [1.54, 1.807) is 17.1 Å². The summed E-state index contributed by atoms with van der Waals surface area (Å²) in [6, 6.07) is 9.82. The number of nitrogens with two attached hydrogens (primary N) is 1. The Balaban J connectivity index is 1.53. The molecule has 0 bridgehead atoms. The fourth-order valence-electron chi connectivity index (χ4n) is 4.36. The molecule has 5 rings (SSSR count). The van der Waals surface area contributed by atoms with Crippen LogP contribution in [-0.4, -0.2) is 39.6 Å². The summed E-state index contributed by atoms with van der Waals surface area (Å²) in [5, 5.41) is 16.4. The predicted octanol–water partition coefficient (Wildman–Crippen LogP) is 3.98. The van der Waals surface area contributed by atoms with Gasteiger partial charge in [0.1, 0.15) is 10.4 Å². The highest BCUT2D eigenvalue weighted by molar-refractivity contribution is 7.17. The van der Waals surface area contributed by atoms with E-state index in [4.69, 9.17) is 15.2 Å². The fraction of sp³-hybridized carbons (Fsp3) is 0.304.